The molecule has 0 spiro atoms. The van der Waals surface area contributed by atoms with Crippen molar-refractivity contribution in [2.75, 3.05) is 31.5 Å². The molecule has 31 heavy (non-hydrogen) atoms. The fraction of sp³-hybridized carbons (Fsp3) is 0.591. The molecular formula is C22H28F3N3O3. The van der Waals surface area contributed by atoms with Crippen LogP contribution >= 0.6 is 0 Å². The number of nitrogens with zero attached hydrogens (tertiary/aromatic N) is 2. The summed E-state index contributed by atoms with van der Waals surface area (Å²) < 4.78 is 37.8. The van der Waals surface area contributed by atoms with Gasteiger partial charge in [0.05, 0.1) is 5.56 Å². The van der Waals surface area contributed by atoms with Crippen LogP contribution in [-0.2, 0) is 20.6 Å². The highest BCUT2D eigenvalue weighted by Gasteiger charge is 2.30. The van der Waals surface area contributed by atoms with Crippen molar-refractivity contribution in [2.45, 2.75) is 51.1 Å². The first-order valence-corrected chi connectivity index (χ1v) is 10.7. The summed E-state index contributed by atoms with van der Waals surface area (Å²) in [6.45, 7) is 2.48. The van der Waals surface area contributed by atoms with Crippen LogP contribution in [0.4, 0.5) is 18.9 Å². The molecule has 2 saturated heterocycles. The molecule has 2 aliphatic heterocycles. The van der Waals surface area contributed by atoms with E-state index in [1.165, 1.54) is 12.1 Å². The van der Waals surface area contributed by atoms with Crippen molar-refractivity contribution in [3.05, 3.63) is 29.8 Å². The number of carbonyl (C=O) groups excluding carboxylic acids is 3. The normalized spacial score (nSPS) is 19.6. The van der Waals surface area contributed by atoms with Crippen molar-refractivity contribution in [1.29, 1.82) is 0 Å². The third-order valence-corrected chi connectivity index (χ3v) is 5.91. The minimum atomic E-state index is -4.41. The lowest BCUT2D eigenvalue weighted by atomic mass is 9.93. The fourth-order valence-electron chi connectivity index (χ4n) is 4.16. The molecule has 3 rings (SSSR count). The molecule has 1 atom stereocenters. The van der Waals surface area contributed by atoms with Gasteiger partial charge in [-0.3, -0.25) is 14.4 Å². The number of piperidine rings is 1. The molecule has 170 valence electrons. The SMILES string of the molecule is O=C(CC[C@@H]1CCCN(C(=O)CCN2CCCC2=O)C1)Nc1ccc(C(F)(F)F)cc1. The Morgan fingerprint density at radius 3 is 2.45 bits per heavy atom. The topological polar surface area (TPSA) is 69.7 Å². The Hall–Kier alpha value is -2.58. The van der Waals surface area contributed by atoms with E-state index in [1.54, 1.807) is 4.90 Å². The Balaban J connectivity index is 1.40. The van der Waals surface area contributed by atoms with Gasteiger partial charge in [-0.1, -0.05) is 0 Å². The molecule has 6 nitrogen and oxygen atoms in total. The second-order valence-corrected chi connectivity index (χ2v) is 8.24. The summed E-state index contributed by atoms with van der Waals surface area (Å²) in [5, 5.41) is 2.63. The zero-order valence-electron chi connectivity index (χ0n) is 17.4. The molecule has 2 heterocycles. The predicted molar refractivity (Wildman–Crippen MR) is 109 cm³/mol. The third kappa shape index (κ3) is 6.70. The molecule has 1 N–H and O–H groups in total. The number of rotatable bonds is 7. The second kappa shape index (κ2) is 10.2. The zero-order valence-corrected chi connectivity index (χ0v) is 17.4. The number of nitrogens with one attached hydrogen (secondary N) is 1. The van der Waals surface area contributed by atoms with E-state index in [0.717, 1.165) is 37.9 Å². The summed E-state index contributed by atoms with van der Waals surface area (Å²) in [6.07, 6.45) is 0.00392. The Labute approximate surface area is 179 Å². The summed E-state index contributed by atoms with van der Waals surface area (Å²) in [7, 11) is 0. The molecule has 2 aliphatic rings. The van der Waals surface area contributed by atoms with E-state index in [1.807, 2.05) is 4.90 Å². The van der Waals surface area contributed by atoms with E-state index in [0.29, 0.717) is 44.6 Å². The number of alkyl halides is 3. The molecule has 0 unspecified atom stereocenters. The fourth-order valence-corrected chi connectivity index (χ4v) is 4.16. The highest BCUT2D eigenvalue weighted by Crippen LogP contribution is 2.30. The van der Waals surface area contributed by atoms with Crippen LogP contribution in [0.5, 0.6) is 0 Å². The number of benzene rings is 1. The van der Waals surface area contributed by atoms with Gasteiger partial charge in [0.1, 0.15) is 0 Å². The highest BCUT2D eigenvalue weighted by molar-refractivity contribution is 5.90. The van der Waals surface area contributed by atoms with Crippen LogP contribution in [0, 0.1) is 5.92 Å². The third-order valence-electron chi connectivity index (χ3n) is 5.91. The van der Waals surface area contributed by atoms with Crippen molar-refractivity contribution >= 4 is 23.4 Å². The van der Waals surface area contributed by atoms with Gasteiger partial charge in [0.2, 0.25) is 17.7 Å². The van der Waals surface area contributed by atoms with Gasteiger partial charge in [-0.25, -0.2) is 0 Å². The molecule has 0 bridgehead atoms. The van der Waals surface area contributed by atoms with Gasteiger partial charge >= 0.3 is 6.18 Å². The van der Waals surface area contributed by atoms with Crippen LogP contribution < -0.4 is 5.32 Å². The van der Waals surface area contributed by atoms with Crippen molar-refractivity contribution in [3.63, 3.8) is 0 Å². The van der Waals surface area contributed by atoms with Crippen LogP contribution in [0.1, 0.15) is 50.5 Å². The molecule has 0 radical (unpaired) electrons. The maximum Gasteiger partial charge on any atom is 0.416 e. The minimum absolute atomic E-state index is 0.0404. The molecule has 3 amide bonds. The Kier molecular flexibility index (Phi) is 7.56. The van der Waals surface area contributed by atoms with Gasteiger partial charge in [-0.15, -0.1) is 0 Å². The second-order valence-electron chi connectivity index (χ2n) is 8.24. The monoisotopic (exact) mass is 439 g/mol. The molecule has 2 fully saturated rings. The number of amides is 3. The number of hydrogen-bond acceptors (Lipinski definition) is 3. The van der Waals surface area contributed by atoms with E-state index in [9.17, 15) is 27.6 Å². The average molecular weight is 439 g/mol. The molecule has 1 aromatic rings. The lowest BCUT2D eigenvalue weighted by Crippen LogP contribution is -2.41. The van der Waals surface area contributed by atoms with Gasteiger partial charge in [-0.2, -0.15) is 13.2 Å². The zero-order chi connectivity index (χ0) is 22.4. The first kappa shape index (κ1) is 23.1. The van der Waals surface area contributed by atoms with Gasteiger partial charge in [0.25, 0.3) is 0 Å². The summed E-state index contributed by atoms with van der Waals surface area (Å²) in [5.74, 6) is 0.113. The van der Waals surface area contributed by atoms with Crippen LogP contribution in [0.2, 0.25) is 0 Å². The largest absolute Gasteiger partial charge is 0.416 e. The van der Waals surface area contributed by atoms with E-state index < -0.39 is 11.7 Å². The number of anilines is 1. The first-order valence-electron chi connectivity index (χ1n) is 10.7. The smallest absolute Gasteiger partial charge is 0.342 e. The average Bonchev–Trinajstić information content (AvgIpc) is 3.15. The van der Waals surface area contributed by atoms with Crippen molar-refractivity contribution in [1.82, 2.24) is 9.80 Å². The van der Waals surface area contributed by atoms with E-state index in [-0.39, 0.29) is 30.1 Å². The van der Waals surface area contributed by atoms with Gasteiger partial charge in [-0.05, 0) is 55.9 Å². The predicted octanol–water partition coefficient (Wildman–Crippen LogP) is 3.68. The highest BCUT2D eigenvalue weighted by atomic mass is 19.4. The van der Waals surface area contributed by atoms with Crippen LogP contribution in [-0.4, -0.2) is 53.7 Å². The lowest BCUT2D eigenvalue weighted by molar-refractivity contribution is -0.137. The van der Waals surface area contributed by atoms with E-state index >= 15 is 0 Å². The molecule has 1 aromatic carbocycles. The summed E-state index contributed by atoms with van der Waals surface area (Å²) in [4.78, 5) is 39.9. The van der Waals surface area contributed by atoms with Crippen LogP contribution in [0.3, 0.4) is 0 Å². The minimum Gasteiger partial charge on any atom is -0.342 e. The summed E-state index contributed by atoms with van der Waals surface area (Å²) >= 11 is 0. The molecule has 0 aromatic heterocycles. The molecule has 9 heteroatoms. The Morgan fingerprint density at radius 2 is 1.81 bits per heavy atom. The molecular weight excluding hydrogens is 411 g/mol. The van der Waals surface area contributed by atoms with Crippen molar-refractivity contribution in [2.24, 2.45) is 5.92 Å². The standard InChI is InChI=1S/C22H28F3N3O3/c23-22(24,25)17-6-8-18(9-7-17)26-19(29)10-5-16-3-1-13-28(15-16)21(31)11-14-27-12-2-4-20(27)30/h6-9,16H,1-5,10-15H2,(H,26,29)/t16-/m0/s1. The Morgan fingerprint density at radius 1 is 1.06 bits per heavy atom. The number of carbonyl (C=O) groups is 3. The summed E-state index contributed by atoms with van der Waals surface area (Å²) in [5.41, 5.74) is -0.429. The quantitative estimate of drug-likeness (QED) is 0.705. The maximum absolute atomic E-state index is 12.6. The van der Waals surface area contributed by atoms with Gasteiger partial charge < -0.3 is 15.1 Å². The molecule has 0 saturated carbocycles. The number of likely N-dealkylation sites (tertiary alicyclic amines) is 2. The maximum atomic E-state index is 12.6. The van der Waals surface area contributed by atoms with Gasteiger partial charge in [0.15, 0.2) is 0 Å². The number of hydrogen-bond donors (Lipinski definition) is 1. The Bertz CT molecular complexity index is 795. The van der Waals surface area contributed by atoms with Crippen LogP contribution in [0.15, 0.2) is 24.3 Å². The number of halogens is 3. The van der Waals surface area contributed by atoms with Crippen molar-refractivity contribution < 1.29 is 27.6 Å². The van der Waals surface area contributed by atoms with E-state index in [4.69, 9.17) is 0 Å². The summed E-state index contributed by atoms with van der Waals surface area (Å²) in [6, 6.07) is 4.37. The van der Waals surface area contributed by atoms with Crippen molar-refractivity contribution in [3.8, 4) is 0 Å². The van der Waals surface area contributed by atoms with Gasteiger partial charge in [0, 0.05) is 51.1 Å². The van der Waals surface area contributed by atoms with E-state index in [2.05, 4.69) is 5.32 Å². The first-order chi connectivity index (χ1) is 14.7. The lowest BCUT2D eigenvalue weighted by Gasteiger charge is -2.33. The molecule has 0 aliphatic carbocycles. The van der Waals surface area contributed by atoms with Crippen LogP contribution in [0.25, 0.3) is 0 Å².